The highest BCUT2D eigenvalue weighted by molar-refractivity contribution is 8.00. The van der Waals surface area contributed by atoms with Gasteiger partial charge in [-0.3, -0.25) is 10.1 Å². The number of hydrogen-bond donors (Lipinski definition) is 2. The minimum atomic E-state index is -0.400. The number of aromatic nitrogens is 2. The molecule has 1 aliphatic rings. The second-order valence-electron chi connectivity index (χ2n) is 6.00. The molecule has 24 heavy (non-hydrogen) atoms. The predicted molar refractivity (Wildman–Crippen MR) is 96.2 cm³/mol. The van der Waals surface area contributed by atoms with Gasteiger partial charge in [0.1, 0.15) is 16.2 Å². The highest BCUT2D eigenvalue weighted by Crippen LogP contribution is 2.27. The molecule has 1 aliphatic carbocycles. The van der Waals surface area contributed by atoms with Crippen molar-refractivity contribution in [3.05, 3.63) is 17.8 Å². The van der Waals surface area contributed by atoms with Gasteiger partial charge in [-0.25, -0.2) is 14.8 Å². The lowest BCUT2D eigenvalue weighted by atomic mass is 9.86. The Morgan fingerprint density at radius 2 is 2.17 bits per heavy atom. The zero-order valence-electron chi connectivity index (χ0n) is 13.4. The van der Waals surface area contributed by atoms with Gasteiger partial charge in [-0.1, -0.05) is 31.5 Å². The lowest BCUT2D eigenvalue weighted by molar-refractivity contribution is -0.117. The van der Waals surface area contributed by atoms with E-state index in [-0.39, 0.29) is 17.7 Å². The van der Waals surface area contributed by atoms with E-state index < -0.39 is 6.03 Å². The predicted octanol–water partition coefficient (Wildman–Crippen LogP) is 3.19. The summed E-state index contributed by atoms with van der Waals surface area (Å²) in [6.07, 6.45) is 5.94. The molecular weight excluding hydrogens is 344 g/mol. The van der Waals surface area contributed by atoms with Gasteiger partial charge in [0.2, 0.25) is 5.91 Å². The number of carbonyl (C=O) groups excluding carboxylic acids is 2. The molecule has 0 bridgehead atoms. The first kappa shape index (κ1) is 17.2. The zero-order chi connectivity index (χ0) is 16.9. The van der Waals surface area contributed by atoms with Crippen LogP contribution in [0.1, 0.15) is 32.6 Å². The summed E-state index contributed by atoms with van der Waals surface area (Å²) >= 11 is 2.85. The molecule has 3 rings (SSSR count). The molecule has 1 saturated carbocycles. The van der Waals surface area contributed by atoms with Crippen LogP contribution < -0.4 is 10.6 Å². The molecule has 0 aromatic carbocycles. The Labute approximate surface area is 148 Å². The van der Waals surface area contributed by atoms with Crippen LogP contribution in [0.4, 0.5) is 4.79 Å². The lowest BCUT2D eigenvalue weighted by Crippen LogP contribution is -2.48. The fourth-order valence-electron chi connectivity index (χ4n) is 2.91. The van der Waals surface area contributed by atoms with Gasteiger partial charge in [-0.05, 0) is 30.2 Å². The Balaban J connectivity index is 1.48. The van der Waals surface area contributed by atoms with Crippen LogP contribution in [0.2, 0.25) is 0 Å². The van der Waals surface area contributed by atoms with Gasteiger partial charge in [0.25, 0.3) is 0 Å². The van der Waals surface area contributed by atoms with E-state index in [0.29, 0.717) is 5.92 Å². The van der Waals surface area contributed by atoms with Crippen LogP contribution in [0.25, 0.3) is 10.2 Å². The number of imide groups is 1. The molecule has 2 heterocycles. The molecular formula is C16H20N4O2S2. The molecule has 0 radical (unpaired) electrons. The summed E-state index contributed by atoms with van der Waals surface area (Å²) in [6, 6.07) is 1.70. The van der Waals surface area contributed by atoms with Crippen molar-refractivity contribution < 1.29 is 9.59 Å². The van der Waals surface area contributed by atoms with Crippen molar-refractivity contribution in [1.29, 1.82) is 0 Å². The second-order valence-corrected chi connectivity index (χ2v) is 7.86. The van der Waals surface area contributed by atoms with Gasteiger partial charge in [-0.15, -0.1) is 11.3 Å². The molecule has 0 saturated heterocycles. The van der Waals surface area contributed by atoms with Crippen LogP contribution in [0, 0.1) is 5.92 Å². The van der Waals surface area contributed by atoms with Crippen molar-refractivity contribution in [2.24, 2.45) is 5.92 Å². The van der Waals surface area contributed by atoms with Gasteiger partial charge in [0.15, 0.2) is 0 Å². The molecule has 0 spiro atoms. The van der Waals surface area contributed by atoms with E-state index in [4.69, 9.17) is 0 Å². The molecule has 6 nitrogen and oxygen atoms in total. The number of carbonyl (C=O) groups is 2. The van der Waals surface area contributed by atoms with Gasteiger partial charge >= 0.3 is 6.03 Å². The molecule has 0 aliphatic heterocycles. The number of thioether (sulfide) groups is 1. The average molecular weight is 364 g/mol. The van der Waals surface area contributed by atoms with Gasteiger partial charge < -0.3 is 5.32 Å². The third-order valence-electron chi connectivity index (χ3n) is 4.25. The van der Waals surface area contributed by atoms with Crippen molar-refractivity contribution in [3.63, 3.8) is 0 Å². The number of nitrogens with one attached hydrogen (secondary N) is 2. The molecule has 3 amide bonds. The highest BCUT2D eigenvalue weighted by Gasteiger charge is 2.23. The summed E-state index contributed by atoms with van der Waals surface area (Å²) in [6.45, 7) is 2.14. The second kappa shape index (κ2) is 7.94. The highest BCUT2D eigenvalue weighted by atomic mass is 32.2. The number of hydrogen-bond acceptors (Lipinski definition) is 6. The Kier molecular flexibility index (Phi) is 5.68. The van der Waals surface area contributed by atoms with E-state index in [1.54, 1.807) is 0 Å². The third kappa shape index (κ3) is 4.24. The van der Waals surface area contributed by atoms with E-state index in [9.17, 15) is 9.59 Å². The first-order valence-corrected chi connectivity index (χ1v) is 9.91. The maximum absolute atomic E-state index is 12.0. The maximum Gasteiger partial charge on any atom is 0.321 e. The first-order chi connectivity index (χ1) is 11.6. The summed E-state index contributed by atoms with van der Waals surface area (Å²) in [5.74, 6) is 0.292. The van der Waals surface area contributed by atoms with Crippen molar-refractivity contribution in [3.8, 4) is 0 Å². The molecule has 2 aromatic heterocycles. The smallest absolute Gasteiger partial charge is 0.321 e. The molecule has 8 heteroatoms. The van der Waals surface area contributed by atoms with Gasteiger partial charge in [0, 0.05) is 11.4 Å². The van der Waals surface area contributed by atoms with Crippen molar-refractivity contribution >= 4 is 45.3 Å². The first-order valence-electron chi connectivity index (χ1n) is 8.05. The third-order valence-corrected chi connectivity index (χ3v) is 6.07. The molecule has 2 aromatic rings. The fraction of sp³-hybridized carbons (Fsp3) is 0.500. The van der Waals surface area contributed by atoms with Crippen molar-refractivity contribution in [2.75, 3.05) is 5.75 Å². The molecule has 1 fully saturated rings. The largest absolute Gasteiger partial charge is 0.335 e. The SMILES string of the molecule is C[C@H]1CCCC[C@H]1NC(=O)NC(=O)CSc1ncnc2sccc12. The topological polar surface area (TPSA) is 84.0 Å². The minimum Gasteiger partial charge on any atom is -0.335 e. The quantitative estimate of drug-likeness (QED) is 0.643. The van der Waals surface area contributed by atoms with E-state index in [1.165, 1.54) is 35.8 Å². The van der Waals surface area contributed by atoms with Crippen LogP contribution in [0.15, 0.2) is 22.8 Å². The number of urea groups is 1. The summed E-state index contributed by atoms with van der Waals surface area (Å²) in [4.78, 5) is 33.3. The molecule has 2 N–H and O–H groups in total. The number of thiophene rings is 1. The minimum absolute atomic E-state index is 0.148. The maximum atomic E-state index is 12.0. The Bertz CT molecular complexity index is 734. The van der Waals surface area contributed by atoms with Crippen LogP contribution in [-0.2, 0) is 4.79 Å². The summed E-state index contributed by atoms with van der Waals surface area (Å²) < 4.78 is 0. The van der Waals surface area contributed by atoms with Crippen LogP contribution in [0.3, 0.4) is 0 Å². The number of rotatable bonds is 4. The van der Waals surface area contributed by atoms with E-state index in [0.717, 1.165) is 34.5 Å². The monoisotopic (exact) mass is 364 g/mol. The fourth-order valence-corrected chi connectivity index (χ4v) is 4.49. The Hall–Kier alpha value is -1.67. The standard InChI is InChI=1S/C16H20N4O2S2/c1-10-4-2-3-5-12(10)19-16(22)20-13(21)8-24-15-11-6-7-23-14(11)17-9-18-15/h6-7,9-10,12H,2-5,8H2,1H3,(H2,19,20,21,22)/t10-,12+/m0/s1. The number of nitrogens with zero attached hydrogens (tertiary/aromatic N) is 2. The summed E-state index contributed by atoms with van der Waals surface area (Å²) in [7, 11) is 0. The van der Waals surface area contributed by atoms with Gasteiger partial charge in [-0.2, -0.15) is 0 Å². The van der Waals surface area contributed by atoms with Crippen molar-refractivity contribution in [2.45, 2.75) is 43.7 Å². The van der Waals surface area contributed by atoms with E-state index in [1.807, 2.05) is 11.4 Å². The van der Waals surface area contributed by atoms with Crippen LogP contribution in [-0.4, -0.2) is 33.7 Å². The van der Waals surface area contributed by atoms with Crippen LogP contribution >= 0.6 is 23.1 Å². The van der Waals surface area contributed by atoms with Crippen LogP contribution in [0.5, 0.6) is 0 Å². The van der Waals surface area contributed by atoms with E-state index >= 15 is 0 Å². The van der Waals surface area contributed by atoms with Gasteiger partial charge in [0.05, 0.1) is 5.75 Å². The van der Waals surface area contributed by atoms with E-state index in [2.05, 4.69) is 27.5 Å². The Morgan fingerprint density at radius 3 is 3.00 bits per heavy atom. The molecule has 2 atom stereocenters. The Morgan fingerprint density at radius 1 is 1.33 bits per heavy atom. The lowest BCUT2D eigenvalue weighted by Gasteiger charge is -2.29. The number of fused-ring (bicyclic) bond motifs is 1. The normalized spacial score (nSPS) is 20.7. The molecule has 0 unspecified atom stereocenters. The number of amides is 3. The summed E-state index contributed by atoms with van der Waals surface area (Å²) in [5, 5.41) is 8.98. The van der Waals surface area contributed by atoms with Crippen molar-refractivity contribution in [1.82, 2.24) is 20.6 Å². The summed E-state index contributed by atoms with van der Waals surface area (Å²) in [5.41, 5.74) is 0. The average Bonchev–Trinajstić information content (AvgIpc) is 3.04. The molecule has 128 valence electrons. The zero-order valence-corrected chi connectivity index (χ0v) is 15.1.